The SMILES string of the molecule is CCNC(C)c1ccc(Sc2n[nH]c(=O)n2CC)nc1. The number of hydrogen-bond donors (Lipinski definition) is 2. The summed E-state index contributed by atoms with van der Waals surface area (Å²) in [7, 11) is 0. The van der Waals surface area contributed by atoms with E-state index in [0.29, 0.717) is 11.7 Å². The number of H-pyrrole nitrogens is 1. The molecule has 0 fully saturated rings. The fraction of sp³-hybridized carbons (Fsp3) is 0.462. The van der Waals surface area contributed by atoms with Crippen LogP contribution in [0.1, 0.15) is 32.4 Å². The topological polar surface area (TPSA) is 75.6 Å². The van der Waals surface area contributed by atoms with Crippen molar-refractivity contribution in [1.82, 2.24) is 25.1 Å². The molecule has 0 spiro atoms. The highest BCUT2D eigenvalue weighted by molar-refractivity contribution is 7.99. The fourth-order valence-corrected chi connectivity index (χ4v) is 2.73. The Balaban J connectivity index is 2.12. The maximum atomic E-state index is 11.5. The van der Waals surface area contributed by atoms with E-state index < -0.39 is 0 Å². The average Bonchev–Trinajstić information content (AvgIpc) is 2.80. The Kier molecular flexibility index (Phi) is 4.97. The fourth-order valence-electron chi connectivity index (χ4n) is 1.89. The van der Waals surface area contributed by atoms with Gasteiger partial charge in [0.1, 0.15) is 5.03 Å². The lowest BCUT2D eigenvalue weighted by atomic mass is 10.1. The number of hydrogen-bond acceptors (Lipinski definition) is 5. The molecule has 1 atom stereocenters. The summed E-state index contributed by atoms with van der Waals surface area (Å²) in [6.07, 6.45) is 1.86. The van der Waals surface area contributed by atoms with Crippen LogP contribution >= 0.6 is 11.8 Å². The Morgan fingerprint density at radius 2 is 2.25 bits per heavy atom. The van der Waals surface area contributed by atoms with Crippen molar-refractivity contribution in [2.24, 2.45) is 0 Å². The van der Waals surface area contributed by atoms with Crippen LogP contribution in [0, 0.1) is 0 Å². The summed E-state index contributed by atoms with van der Waals surface area (Å²) >= 11 is 1.38. The van der Waals surface area contributed by atoms with E-state index in [4.69, 9.17) is 0 Å². The van der Waals surface area contributed by atoms with Crippen LogP contribution in [-0.2, 0) is 6.54 Å². The van der Waals surface area contributed by atoms with E-state index >= 15 is 0 Å². The summed E-state index contributed by atoms with van der Waals surface area (Å²) in [5, 5.41) is 11.3. The Hall–Kier alpha value is -1.60. The lowest BCUT2D eigenvalue weighted by Crippen LogP contribution is -2.17. The second-order valence-electron chi connectivity index (χ2n) is 4.37. The van der Waals surface area contributed by atoms with Gasteiger partial charge >= 0.3 is 5.69 Å². The van der Waals surface area contributed by atoms with Crippen LogP contribution in [0.4, 0.5) is 0 Å². The molecule has 7 heteroatoms. The Morgan fingerprint density at radius 3 is 2.85 bits per heavy atom. The molecule has 2 N–H and O–H groups in total. The molecule has 0 amide bonds. The predicted molar refractivity (Wildman–Crippen MR) is 79.0 cm³/mol. The van der Waals surface area contributed by atoms with Crippen molar-refractivity contribution in [2.45, 2.75) is 43.5 Å². The number of aromatic amines is 1. The van der Waals surface area contributed by atoms with Gasteiger partial charge in [-0.25, -0.2) is 14.9 Å². The second kappa shape index (κ2) is 6.71. The van der Waals surface area contributed by atoms with E-state index in [1.165, 1.54) is 11.8 Å². The molecular weight excluding hydrogens is 274 g/mol. The Labute approximate surface area is 122 Å². The Morgan fingerprint density at radius 1 is 1.45 bits per heavy atom. The van der Waals surface area contributed by atoms with Gasteiger partial charge in [-0.15, -0.1) is 5.10 Å². The minimum absolute atomic E-state index is 0.188. The van der Waals surface area contributed by atoms with Crippen LogP contribution in [0.15, 0.2) is 33.3 Å². The van der Waals surface area contributed by atoms with Gasteiger partial charge in [0.05, 0.1) is 0 Å². The van der Waals surface area contributed by atoms with E-state index in [1.807, 2.05) is 25.3 Å². The molecule has 2 aromatic rings. The molecule has 1 unspecified atom stereocenters. The molecule has 6 nitrogen and oxygen atoms in total. The van der Waals surface area contributed by atoms with Crippen molar-refractivity contribution in [3.05, 3.63) is 34.4 Å². The highest BCUT2D eigenvalue weighted by atomic mass is 32.2. The third-order valence-corrected chi connectivity index (χ3v) is 3.95. The van der Waals surface area contributed by atoms with Gasteiger partial charge in [-0.05, 0) is 43.8 Å². The maximum Gasteiger partial charge on any atom is 0.343 e. The summed E-state index contributed by atoms with van der Waals surface area (Å²) in [5.74, 6) is 0. The number of pyridine rings is 1. The molecular formula is C13H19N5OS. The highest BCUT2D eigenvalue weighted by Gasteiger charge is 2.10. The van der Waals surface area contributed by atoms with Gasteiger partial charge < -0.3 is 5.32 Å². The standard InChI is InChI=1S/C13H19N5OS/c1-4-14-9(3)10-6-7-11(15-8-10)20-13-17-16-12(19)18(13)5-2/h6-9,14H,4-5H2,1-3H3,(H,16,19). The number of aromatic nitrogens is 4. The first-order valence-corrected chi connectivity index (χ1v) is 7.49. The van der Waals surface area contributed by atoms with E-state index in [2.05, 4.69) is 34.3 Å². The zero-order valence-electron chi connectivity index (χ0n) is 11.9. The minimum atomic E-state index is -0.188. The Bertz CT molecular complexity index is 604. The zero-order chi connectivity index (χ0) is 14.5. The largest absolute Gasteiger partial charge is 0.343 e. The monoisotopic (exact) mass is 293 g/mol. The van der Waals surface area contributed by atoms with Gasteiger partial charge in [-0.3, -0.25) is 4.57 Å². The molecule has 2 heterocycles. The van der Waals surface area contributed by atoms with Crippen LogP contribution in [0.2, 0.25) is 0 Å². The molecule has 0 bridgehead atoms. The van der Waals surface area contributed by atoms with Crippen LogP contribution < -0.4 is 11.0 Å². The van der Waals surface area contributed by atoms with Crippen molar-refractivity contribution >= 4 is 11.8 Å². The van der Waals surface area contributed by atoms with Gasteiger partial charge in [0, 0.05) is 18.8 Å². The van der Waals surface area contributed by atoms with Crippen molar-refractivity contribution in [3.63, 3.8) is 0 Å². The van der Waals surface area contributed by atoms with Crippen molar-refractivity contribution < 1.29 is 0 Å². The molecule has 0 saturated heterocycles. The van der Waals surface area contributed by atoms with Crippen LogP contribution in [-0.4, -0.2) is 26.3 Å². The van der Waals surface area contributed by atoms with E-state index in [0.717, 1.165) is 17.1 Å². The first kappa shape index (κ1) is 14.8. The summed E-state index contributed by atoms with van der Waals surface area (Å²) < 4.78 is 1.58. The van der Waals surface area contributed by atoms with Crippen molar-refractivity contribution in [2.75, 3.05) is 6.54 Å². The first-order chi connectivity index (χ1) is 9.65. The van der Waals surface area contributed by atoms with Gasteiger partial charge in [0.2, 0.25) is 0 Å². The first-order valence-electron chi connectivity index (χ1n) is 6.68. The van der Waals surface area contributed by atoms with Gasteiger partial charge in [-0.2, -0.15) is 0 Å². The number of nitrogens with one attached hydrogen (secondary N) is 2. The van der Waals surface area contributed by atoms with Crippen LogP contribution in [0.5, 0.6) is 0 Å². The lowest BCUT2D eigenvalue weighted by Gasteiger charge is -2.12. The molecule has 0 saturated carbocycles. The summed E-state index contributed by atoms with van der Waals surface area (Å²) in [6.45, 7) is 7.61. The normalized spacial score (nSPS) is 12.6. The third kappa shape index (κ3) is 3.29. The molecule has 0 aliphatic heterocycles. The zero-order valence-corrected chi connectivity index (χ0v) is 12.7. The quantitative estimate of drug-likeness (QED) is 0.849. The van der Waals surface area contributed by atoms with E-state index in [9.17, 15) is 4.79 Å². The molecule has 2 rings (SSSR count). The number of rotatable bonds is 6. The van der Waals surface area contributed by atoms with Gasteiger partial charge in [0.25, 0.3) is 0 Å². The predicted octanol–water partition coefficient (Wildman–Crippen LogP) is 1.81. The molecule has 0 aliphatic carbocycles. The number of nitrogens with zero attached hydrogens (tertiary/aromatic N) is 3. The van der Waals surface area contributed by atoms with E-state index in [1.54, 1.807) is 4.57 Å². The summed E-state index contributed by atoms with van der Waals surface area (Å²) in [6, 6.07) is 4.28. The van der Waals surface area contributed by atoms with Crippen molar-refractivity contribution in [3.8, 4) is 0 Å². The molecule has 0 aromatic carbocycles. The summed E-state index contributed by atoms with van der Waals surface area (Å²) in [4.78, 5) is 15.9. The highest BCUT2D eigenvalue weighted by Crippen LogP contribution is 2.24. The maximum absolute atomic E-state index is 11.5. The second-order valence-corrected chi connectivity index (χ2v) is 5.35. The van der Waals surface area contributed by atoms with Gasteiger partial charge in [-0.1, -0.05) is 13.0 Å². The third-order valence-electron chi connectivity index (χ3n) is 3.00. The molecule has 20 heavy (non-hydrogen) atoms. The molecule has 2 aromatic heterocycles. The average molecular weight is 293 g/mol. The molecule has 0 aliphatic rings. The smallest absolute Gasteiger partial charge is 0.310 e. The minimum Gasteiger partial charge on any atom is -0.310 e. The van der Waals surface area contributed by atoms with Crippen LogP contribution in [0.3, 0.4) is 0 Å². The summed E-state index contributed by atoms with van der Waals surface area (Å²) in [5.41, 5.74) is 0.957. The van der Waals surface area contributed by atoms with Crippen LogP contribution in [0.25, 0.3) is 0 Å². The van der Waals surface area contributed by atoms with Gasteiger partial charge in [0.15, 0.2) is 5.16 Å². The van der Waals surface area contributed by atoms with E-state index in [-0.39, 0.29) is 11.7 Å². The molecule has 0 radical (unpaired) electrons. The molecule has 108 valence electrons. The van der Waals surface area contributed by atoms with Crippen molar-refractivity contribution in [1.29, 1.82) is 0 Å². The lowest BCUT2D eigenvalue weighted by molar-refractivity contribution is 0.595.